The minimum Gasteiger partial charge on any atom is -0.483 e. The van der Waals surface area contributed by atoms with Gasteiger partial charge in [-0.2, -0.15) is 0 Å². The lowest BCUT2D eigenvalue weighted by molar-refractivity contribution is -0.119. The molecule has 1 N–H and O–H groups in total. The Morgan fingerprint density at radius 2 is 2.05 bits per heavy atom. The maximum Gasteiger partial charge on any atom is 0.250 e. The third kappa shape index (κ3) is 4.41. The molecule has 1 amide bonds. The molecule has 0 atom stereocenters. The number of nitrogens with zero attached hydrogens (tertiary/aromatic N) is 2. The molecule has 0 saturated heterocycles. The van der Waals surface area contributed by atoms with Crippen molar-refractivity contribution in [3.8, 4) is 5.75 Å². The number of carbonyl (C=O) groups is 1. The summed E-state index contributed by atoms with van der Waals surface area (Å²) in [4.78, 5) is 19.9. The van der Waals surface area contributed by atoms with Crippen LogP contribution < -0.4 is 10.1 Å². The summed E-state index contributed by atoms with van der Waals surface area (Å²) in [5.74, 6) is 0.685. The van der Waals surface area contributed by atoms with Gasteiger partial charge in [0.2, 0.25) is 5.91 Å². The van der Waals surface area contributed by atoms with Crippen molar-refractivity contribution >= 4 is 23.2 Å². The normalized spacial score (nSPS) is 10.3. The molecule has 0 fully saturated rings. The Hall–Kier alpha value is -2.18. The number of nitrogens with one attached hydrogen (secondary N) is 1. The Morgan fingerprint density at radius 3 is 2.73 bits per heavy atom. The van der Waals surface area contributed by atoms with Crippen molar-refractivity contribution < 1.29 is 14.3 Å². The van der Waals surface area contributed by atoms with E-state index in [0.29, 0.717) is 22.3 Å². The Kier molecular flexibility index (Phi) is 5.68. The third-order valence-electron chi connectivity index (χ3n) is 2.71. The van der Waals surface area contributed by atoms with Crippen LogP contribution in [0.4, 0.5) is 5.69 Å². The van der Waals surface area contributed by atoms with Crippen molar-refractivity contribution in [3.05, 3.63) is 47.0 Å². The van der Waals surface area contributed by atoms with Crippen molar-refractivity contribution in [2.75, 3.05) is 19.0 Å². The zero-order chi connectivity index (χ0) is 15.9. The van der Waals surface area contributed by atoms with E-state index in [1.54, 1.807) is 30.6 Å². The van der Waals surface area contributed by atoms with Crippen LogP contribution >= 0.6 is 11.6 Å². The summed E-state index contributed by atoms with van der Waals surface area (Å²) in [5.41, 5.74) is 1.32. The van der Waals surface area contributed by atoms with Crippen molar-refractivity contribution in [3.63, 3.8) is 0 Å². The van der Waals surface area contributed by atoms with Gasteiger partial charge in [0.25, 0.3) is 0 Å². The molecule has 2 rings (SSSR count). The van der Waals surface area contributed by atoms with E-state index in [0.717, 1.165) is 5.56 Å². The number of ether oxygens (including phenoxy) is 2. The van der Waals surface area contributed by atoms with E-state index in [9.17, 15) is 4.79 Å². The molecular weight excluding hydrogens is 306 g/mol. The van der Waals surface area contributed by atoms with E-state index in [4.69, 9.17) is 21.1 Å². The summed E-state index contributed by atoms with van der Waals surface area (Å²) in [7, 11) is 1.44. The Balaban J connectivity index is 2.19. The lowest BCUT2D eigenvalue weighted by atomic mass is 10.2. The van der Waals surface area contributed by atoms with Crippen LogP contribution in [-0.2, 0) is 16.1 Å². The first-order valence-electron chi connectivity index (χ1n) is 6.57. The molecule has 0 aliphatic heterocycles. The minimum absolute atomic E-state index is 0.0640. The maximum absolute atomic E-state index is 11.7. The fourth-order valence-corrected chi connectivity index (χ4v) is 2.11. The van der Waals surface area contributed by atoms with E-state index in [1.807, 2.05) is 6.92 Å². The van der Waals surface area contributed by atoms with E-state index in [2.05, 4.69) is 15.3 Å². The minimum atomic E-state index is -0.311. The van der Waals surface area contributed by atoms with Gasteiger partial charge in [-0.05, 0) is 30.7 Å². The molecule has 0 spiro atoms. The van der Waals surface area contributed by atoms with Crippen LogP contribution in [0, 0.1) is 6.92 Å². The monoisotopic (exact) mass is 321 g/mol. The second kappa shape index (κ2) is 7.72. The van der Waals surface area contributed by atoms with Gasteiger partial charge in [-0.1, -0.05) is 11.6 Å². The molecular formula is C15H16ClN3O3. The summed E-state index contributed by atoms with van der Waals surface area (Å²) < 4.78 is 10.5. The zero-order valence-electron chi connectivity index (χ0n) is 12.3. The number of halogens is 1. The summed E-state index contributed by atoms with van der Waals surface area (Å²) in [6, 6.07) is 5.26. The highest BCUT2D eigenvalue weighted by molar-refractivity contribution is 6.34. The van der Waals surface area contributed by atoms with E-state index >= 15 is 0 Å². The number of amides is 1. The molecule has 22 heavy (non-hydrogen) atoms. The molecule has 2 aromatic rings. The van der Waals surface area contributed by atoms with Gasteiger partial charge < -0.3 is 14.8 Å². The second-order valence-corrected chi connectivity index (χ2v) is 4.96. The van der Waals surface area contributed by atoms with Crippen molar-refractivity contribution in [1.29, 1.82) is 0 Å². The molecule has 0 bridgehead atoms. The van der Waals surface area contributed by atoms with E-state index < -0.39 is 0 Å². The van der Waals surface area contributed by atoms with Gasteiger partial charge in [0, 0.05) is 19.5 Å². The summed E-state index contributed by atoms with van der Waals surface area (Å²) in [6.07, 6.45) is 3.27. The van der Waals surface area contributed by atoms with Crippen LogP contribution in [0.2, 0.25) is 5.02 Å². The topological polar surface area (TPSA) is 73.3 Å². The van der Waals surface area contributed by atoms with Gasteiger partial charge in [-0.25, -0.2) is 9.97 Å². The average molecular weight is 322 g/mol. The van der Waals surface area contributed by atoms with Crippen molar-refractivity contribution in [1.82, 2.24) is 9.97 Å². The van der Waals surface area contributed by atoms with Crippen molar-refractivity contribution in [2.45, 2.75) is 13.5 Å². The number of anilines is 1. The number of carbonyl (C=O) groups excluding carboxylic acids is 1. The molecule has 0 saturated carbocycles. The Bertz CT molecular complexity index is 650. The predicted molar refractivity (Wildman–Crippen MR) is 83.1 cm³/mol. The first-order chi connectivity index (χ1) is 10.6. The first-order valence-corrected chi connectivity index (χ1v) is 6.95. The second-order valence-electron chi connectivity index (χ2n) is 4.55. The maximum atomic E-state index is 11.7. The number of methoxy groups -OCH3 is 1. The predicted octanol–water partition coefficient (Wildman–Crippen LogP) is 2.60. The largest absolute Gasteiger partial charge is 0.483 e. The van der Waals surface area contributed by atoms with E-state index in [1.165, 1.54) is 7.11 Å². The molecule has 1 heterocycles. The molecule has 0 unspecified atom stereocenters. The third-order valence-corrected chi connectivity index (χ3v) is 3.01. The standard InChI is InChI=1S/C15H16ClN3O3/c1-10-6-11(16)15(19-14(20)9-21-2)12(7-10)22-8-13-17-4-3-5-18-13/h3-7H,8-9H2,1-2H3,(H,19,20). The van der Waals surface area contributed by atoms with Crippen LogP contribution in [0.1, 0.15) is 11.4 Å². The highest BCUT2D eigenvalue weighted by atomic mass is 35.5. The molecule has 6 nitrogen and oxygen atoms in total. The highest BCUT2D eigenvalue weighted by Crippen LogP contribution is 2.34. The molecule has 7 heteroatoms. The number of hydrogen-bond donors (Lipinski definition) is 1. The van der Waals surface area contributed by atoms with E-state index in [-0.39, 0.29) is 19.1 Å². The fraction of sp³-hybridized carbons (Fsp3) is 0.267. The average Bonchev–Trinajstić information content (AvgIpc) is 2.49. The van der Waals surface area contributed by atoms with Crippen LogP contribution in [0.5, 0.6) is 5.75 Å². The Morgan fingerprint density at radius 1 is 1.32 bits per heavy atom. The van der Waals surface area contributed by atoms with Gasteiger partial charge in [-0.3, -0.25) is 4.79 Å². The van der Waals surface area contributed by atoms with Gasteiger partial charge in [0.1, 0.15) is 24.7 Å². The van der Waals surface area contributed by atoms with Crippen LogP contribution in [0.25, 0.3) is 0 Å². The molecule has 116 valence electrons. The summed E-state index contributed by atoms with van der Waals surface area (Å²) in [6.45, 7) is 2.00. The molecule has 0 radical (unpaired) electrons. The quantitative estimate of drug-likeness (QED) is 0.885. The lowest BCUT2D eigenvalue weighted by Gasteiger charge is -2.14. The molecule has 0 aliphatic rings. The SMILES string of the molecule is COCC(=O)Nc1c(Cl)cc(C)cc1OCc1ncccn1. The van der Waals surface area contributed by atoms with Crippen LogP contribution in [0.15, 0.2) is 30.6 Å². The number of aryl methyl sites for hydroxylation is 1. The van der Waals surface area contributed by atoms with Gasteiger partial charge in [0.05, 0.1) is 5.02 Å². The zero-order valence-corrected chi connectivity index (χ0v) is 13.1. The van der Waals surface area contributed by atoms with Gasteiger partial charge >= 0.3 is 0 Å². The summed E-state index contributed by atoms with van der Waals surface area (Å²) in [5, 5.41) is 3.08. The fourth-order valence-electron chi connectivity index (χ4n) is 1.80. The smallest absolute Gasteiger partial charge is 0.250 e. The number of hydrogen-bond acceptors (Lipinski definition) is 5. The Labute approximate surface area is 133 Å². The number of benzene rings is 1. The summed E-state index contributed by atoms with van der Waals surface area (Å²) >= 11 is 6.19. The van der Waals surface area contributed by atoms with Gasteiger partial charge in [0.15, 0.2) is 5.82 Å². The molecule has 1 aromatic heterocycles. The van der Waals surface area contributed by atoms with Crippen LogP contribution in [0.3, 0.4) is 0 Å². The highest BCUT2D eigenvalue weighted by Gasteiger charge is 2.13. The lowest BCUT2D eigenvalue weighted by Crippen LogP contribution is -2.18. The van der Waals surface area contributed by atoms with Crippen molar-refractivity contribution in [2.24, 2.45) is 0 Å². The number of rotatable bonds is 6. The van der Waals surface area contributed by atoms with Gasteiger partial charge in [-0.15, -0.1) is 0 Å². The number of aromatic nitrogens is 2. The first kappa shape index (κ1) is 16.2. The molecule has 0 aliphatic carbocycles. The van der Waals surface area contributed by atoms with Crippen LogP contribution in [-0.4, -0.2) is 29.6 Å². The molecule has 1 aromatic carbocycles.